The van der Waals surface area contributed by atoms with Crippen LogP contribution in [0.1, 0.15) is 33.1 Å². The summed E-state index contributed by atoms with van der Waals surface area (Å²) in [5, 5.41) is 3.89. The molecule has 1 atom stereocenters. The van der Waals surface area contributed by atoms with E-state index in [0.717, 1.165) is 12.1 Å². The minimum Gasteiger partial charge on any atom is -0.381 e. The molecule has 2 rings (SSSR count). The Balaban J connectivity index is 2.15. The Morgan fingerprint density at radius 2 is 2.19 bits per heavy atom. The van der Waals surface area contributed by atoms with Gasteiger partial charge in [0, 0.05) is 6.04 Å². The molecule has 1 nitrogen and oxygen atoms in total. The standard InChI is InChI=1S/C13H17ClFN/c1-13(2)7-3-4-12(13)16-11-6-5-9(15)8-10(11)14/h5-6,8,12,16H,3-4,7H2,1-2H3. The van der Waals surface area contributed by atoms with Crippen LogP contribution in [0.3, 0.4) is 0 Å². The molecule has 0 saturated heterocycles. The first-order valence-electron chi connectivity index (χ1n) is 5.71. The summed E-state index contributed by atoms with van der Waals surface area (Å²) in [5.41, 5.74) is 1.13. The molecule has 1 saturated carbocycles. The van der Waals surface area contributed by atoms with E-state index in [4.69, 9.17) is 11.6 Å². The zero-order valence-electron chi connectivity index (χ0n) is 9.69. The van der Waals surface area contributed by atoms with Crippen LogP contribution >= 0.6 is 11.6 Å². The second-order valence-corrected chi connectivity index (χ2v) is 5.61. The Kier molecular flexibility index (Phi) is 3.11. The normalized spacial score (nSPS) is 23.4. The molecule has 88 valence electrons. The highest BCUT2D eigenvalue weighted by Crippen LogP contribution is 2.39. The summed E-state index contributed by atoms with van der Waals surface area (Å²) >= 11 is 6.00. The Morgan fingerprint density at radius 3 is 2.75 bits per heavy atom. The maximum atomic E-state index is 12.9. The lowest BCUT2D eigenvalue weighted by Gasteiger charge is -2.29. The van der Waals surface area contributed by atoms with Gasteiger partial charge in [0.25, 0.3) is 0 Å². The number of rotatable bonds is 2. The van der Waals surface area contributed by atoms with Crippen molar-refractivity contribution in [3.63, 3.8) is 0 Å². The summed E-state index contributed by atoms with van der Waals surface area (Å²) in [6.07, 6.45) is 3.62. The van der Waals surface area contributed by atoms with E-state index in [1.807, 2.05) is 0 Å². The van der Waals surface area contributed by atoms with E-state index in [9.17, 15) is 4.39 Å². The summed E-state index contributed by atoms with van der Waals surface area (Å²) < 4.78 is 12.9. The number of halogens is 2. The molecule has 0 aliphatic heterocycles. The van der Waals surface area contributed by atoms with Gasteiger partial charge in [-0.15, -0.1) is 0 Å². The molecular formula is C13H17ClFN. The maximum Gasteiger partial charge on any atom is 0.124 e. The predicted molar refractivity (Wildman–Crippen MR) is 66.5 cm³/mol. The lowest BCUT2D eigenvalue weighted by atomic mass is 9.87. The molecule has 0 heterocycles. The highest BCUT2D eigenvalue weighted by atomic mass is 35.5. The molecule has 3 heteroatoms. The molecule has 0 bridgehead atoms. The smallest absolute Gasteiger partial charge is 0.124 e. The molecule has 1 aliphatic carbocycles. The molecule has 1 N–H and O–H groups in total. The Morgan fingerprint density at radius 1 is 1.44 bits per heavy atom. The van der Waals surface area contributed by atoms with Crippen LogP contribution in [0, 0.1) is 11.2 Å². The Hall–Kier alpha value is -0.760. The number of hydrogen-bond acceptors (Lipinski definition) is 1. The fourth-order valence-corrected chi connectivity index (χ4v) is 2.61. The molecule has 0 amide bonds. The monoisotopic (exact) mass is 241 g/mol. The van der Waals surface area contributed by atoms with Gasteiger partial charge in [0.1, 0.15) is 5.82 Å². The molecule has 1 unspecified atom stereocenters. The Labute approximate surface area is 101 Å². The van der Waals surface area contributed by atoms with E-state index in [0.29, 0.717) is 11.1 Å². The van der Waals surface area contributed by atoms with E-state index in [-0.39, 0.29) is 11.2 Å². The highest BCUT2D eigenvalue weighted by Gasteiger charge is 2.34. The van der Waals surface area contributed by atoms with Crippen molar-refractivity contribution in [2.75, 3.05) is 5.32 Å². The van der Waals surface area contributed by atoms with Gasteiger partial charge in [-0.1, -0.05) is 31.9 Å². The van der Waals surface area contributed by atoms with Crippen LogP contribution in [0.25, 0.3) is 0 Å². The van der Waals surface area contributed by atoms with Gasteiger partial charge in [0.2, 0.25) is 0 Å². The van der Waals surface area contributed by atoms with Gasteiger partial charge < -0.3 is 5.32 Å². The second-order valence-electron chi connectivity index (χ2n) is 5.20. The molecule has 0 aromatic heterocycles. The zero-order chi connectivity index (χ0) is 11.8. The first-order valence-corrected chi connectivity index (χ1v) is 6.08. The summed E-state index contributed by atoms with van der Waals surface area (Å²) in [6.45, 7) is 4.52. The third-order valence-electron chi connectivity index (χ3n) is 3.52. The van der Waals surface area contributed by atoms with Crippen LogP contribution in [0.4, 0.5) is 10.1 Å². The van der Waals surface area contributed by atoms with Crippen molar-refractivity contribution >= 4 is 17.3 Å². The number of hydrogen-bond donors (Lipinski definition) is 1. The van der Waals surface area contributed by atoms with Crippen molar-refractivity contribution in [1.82, 2.24) is 0 Å². The number of nitrogens with one attached hydrogen (secondary N) is 1. The summed E-state index contributed by atoms with van der Waals surface area (Å²) in [5.74, 6) is -0.291. The fourth-order valence-electron chi connectivity index (χ4n) is 2.39. The third-order valence-corrected chi connectivity index (χ3v) is 3.83. The Bertz CT molecular complexity index is 390. The second kappa shape index (κ2) is 4.25. The molecule has 1 aromatic carbocycles. The molecule has 16 heavy (non-hydrogen) atoms. The first kappa shape index (κ1) is 11.7. The summed E-state index contributed by atoms with van der Waals surface area (Å²) in [4.78, 5) is 0. The van der Waals surface area contributed by atoms with E-state index in [2.05, 4.69) is 19.2 Å². The molecule has 1 fully saturated rings. The molecule has 0 spiro atoms. The van der Waals surface area contributed by atoms with Crippen LogP contribution < -0.4 is 5.32 Å². The predicted octanol–water partition coefficient (Wildman–Crippen LogP) is 4.47. The fraction of sp³-hybridized carbons (Fsp3) is 0.538. The van der Waals surface area contributed by atoms with Crippen LogP contribution in [-0.4, -0.2) is 6.04 Å². The van der Waals surface area contributed by atoms with Crippen molar-refractivity contribution < 1.29 is 4.39 Å². The van der Waals surface area contributed by atoms with Crippen molar-refractivity contribution in [3.05, 3.63) is 29.0 Å². The van der Waals surface area contributed by atoms with E-state index in [1.165, 1.54) is 25.0 Å². The van der Waals surface area contributed by atoms with Gasteiger partial charge in [0.15, 0.2) is 0 Å². The van der Waals surface area contributed by atoms with Crippen molar-refractivity contribution in [2.45, 2.75) is 39.2 Å². The van der Waals surface area contributed by atoms with Gasteiger partial charge >= 0.3 is 0 Å². The number of anilines is 1. The maximum absolute atomic E-state index is 12.9. The van der Waals surface area contributed by atoms with Gasteiger partial charge in [-0.05, 0) is 36.5 Å². The quantitative estimate of drug-likeness (QED) is 0.806. The van der Waals surface area contributed by atoms with Crippen LogP contribution in [0.2, 0.25) is 5.02 Å². The first-order chi connectivity index (χ1) is 7.49. The topological polar surface area (TPSA) is 12.0 Å². The average molecular weight is 242 g/mol. The van der Waals surface area contributed by atoms with E-state index >= 15 is 0 Å². The van der Waals surface area contributed by atoms with Crippen molar-refractivity contribution in [1.29, 1.82) is 0 Å². The molecule has 1 aromatic rings. The molecular weight excluding hydrogens is 225 g/mol. The molecule has 0 radical (unpaired) electrons. The summed E-state index contributed by atoms with van der Waals surface area (Å²) in [6, 6.07) is 4.93. The third kappa shape index (κ3) is 2.32. The lowest BCUT2D eigenvalue weighted by Crippen LogP contribution is -2.30. The van der Waals surface area contributed by atoms with Crippen LogP contribution in [-0.2, 0) is 0 Å². The van der Waals surface area contributed by atoms with Crippen LogP contribution in [0.5, 0.6) is 0 Å². The zero-order valence-corrected chi connectivity index (χ0v) is 10.4. The minimum absolute atomic E-state index is 0.289. The van der Waals surface area contributed by atoms with E-state index < -0.39 is 0 Å². The van der Waals surface area contributed by atoms with Gasteiger partial charge in [0.05, 0.1) is 10.7 Å². The van der Waals surface area contributed by atoms with Crippen molar-refractivity contribution in [2.24, 2.45) is 5.41 Å². The average Bonchev–Trinajstić information content (AvgIpc) is 2.50. The number of benzene rings is 1. The highest BCUT2D eigenvalue weighted by molar-refractivity contribution is 6.33. The van der Waals surface area contributed by atoms with E-state index in [1.54, 1.807) is 6.07 Å². The van der Waals surface area contributed by atoms with Gasteiger partial charge in [-0.2, -0.15) is 0 Å². The van der Waals surface area contributed by atoms with Gasteiger partial charge in [-0.25, -0.2) is 4.39 Å². The SMILES string of the molecule is CC1(C)CCCC1Nc1ccc(F)cc1Cl. The summed E-state index contributed by atoms with van der Waals surface area (Å²) in [7, 11) is 0. The van der Waals surface area contributed by atoms with Crippen LogP contribution in [0.15, 0.2) is 18.2 Å². The minimum atomic E-state index is -0.291. The molecule has 1 aliphatic rings. The van der Waals surface area contributed by atoms with Gasteiger partial charge in [-0.3, -0.25) is 0 Å². The largest absolute Gasteiger partial charge is 0.381 e. The van der Waals surface area contributed by atoms with Crippen molar-refractivity contribution in [3.8, 4) is 0 Å². The lowest BCUT2D eigenvalue weighted by molar-refractivity contribution is 0.350.